The zero-order valence-corrected chi connectivity index (χ0v) is 13.2. The second-order valence-electron chi connectivity index (χ2n) is 5.03. The lowest BCUT2D eigenvalue weighted by Crippen LogP contribution is -2.57. The number of amides is 2. The van der Waals surface area contributed by atoms with Gasteiger partial charge in [0.25, 0.3) is 5.91 Å². The summed E-state index contributed by atoms with van der Waals surface area (Å²) in [6, 6.07) is 4.47. The van der Waals surface area contributed by atoms with Crippen molar-refractivity contribution < 1.29 is 14.3 Å². The van der Waals surface area contributed by atoms with Crippen LogP contribution in [0.25, 0.3) is 0 Å². The fourth-order valence-electron chi connectivity index (χ4n) is 2.55. The molecule has 2 amide bonds. The van der Waals surface area contributed by atoms with Crippen LogP contribution in [0, 0.1) is 0 Å². The van der Waals surface area contributed by atoms with Crippen molar-refractivity contribution in [1.29, 1.82) is 0 Å². The highest BCUT2D eigenvalue weighted by atomic mass is 35.5. The van der Waals surface area contributed by atoms with E-state index in [2.05, 4.69) is 0 Å². The van der Waals surface area contributed by atoms with Crippen molar-refractivity contribution in [2.75, 3.05) is 27.2 Å². The first kappa shape index (κ1) is 15.6. The van der Waals surface area contributed by atoms with Crippen LogP contribution in [0.3, 0.4) is 0 Å². The Hall–Kier alpha value is -1.75. The Morgan fingerprint density at radius 3 is 2.76 bits per heavy atom. The Morgan fingerprint density at radius 2 is 2.14 bits per heavy atom. The third kappa shape index (κ3) is 2.97. The minimum absolute atomic E-state index is 0.0231. The maximum absolute atomic E-state index is 12.7. The van der Waals surface area contributed by atoms with Crippen LogP contribution in [0.4, 0.5) is 0 Å². The molecule has 1 fully saturated rings. The number of carbonyl (C=O) groups is 2. The summed E-state index contributed by atoms with van der Waals surface area (Å²) in [5.41, 5.74) is 0.428. The van der Waals surface area contributed by atoms with Crippen LogP contribution in [0.1, 0.15) is 23.7 Å². The van der Waals surface area contributed by atoms with E-state index in [1.165, 1.54) is 7.11 Å². The fraction of sp³-hybridized carbons (Fsp3) is 0.467. The lowest BCUT2D eigenvalue weighted by atomic mass is 10.1. The Labute approximate surface area is 129 Å². The van der Waals surface area contributed by atoms with Crippen LogP contribution in [-0.2, 0) is 4.79 Å². The van der Waals surface area contributed by atoms with Gasteiger partial charge >= 0.3 is 0 Å². The molecule has 1 aliphatic rings. The number of nitrogens with zero attached hydrogens (tertiary/aromatic N) is 2. The van der Waals surface area contributed by atoms with E-state index < -0.39 is 6.04 Å². The first-order valence-electron chi connectivity index (χ1n) is 6.89. The molecule has 0 spiro atoms. The highest BCUT2D eigenvalue weighted by Crippen LogP contribution is 2.26. The zero-order valence-electron chi connectivity index (χ0n) is 12.4. The molecule has 1 unspecified atom stereocenters. The number of hydrogen-bond donors (Lipinski definition) is 0. The summed E-state index contributed by atoms with van der Waals surface area (Å²) in [6.07, 6.45) is 0.588. The second kappa shape index (κ2) is 6.35. The van der Waals surface area contributed by atoms with Gasteiger partial charge in [-0.3, -0.25) is 9.59 Å². The van der Waals surface area contributed by atoms with Gasteiger partial charge in [-0.05, 0) is 24.6 Å². The molecule has 21 heavy (non-hydrogen) atoms. The van der Waals surface area contributed by atoms with Gasteiger partial charge in [0.2, 0.25) is 5.91 Å². The van der Waals surface area contributed by atoms with Crippen molar-refractivity contribution in [3.8, 4) is 5.75 Å². The van der Waals surface area contributed by atoms with Gasteiger partial charge in [0.1, 0.15) is 11.8 Å². The maximum Gasteiger partial charge on any atom is 0.258 e. The van der Waals surface area contributed by atoms with Gasteiger partial charge in [0.05, 0.1) is 12.7 Å². The normalized spacial score (nSPS) is 18.9. The zero-order chi connectivity index (χ0) is 15.6. The molecule has 1 aliphatic heterocycles. The number of methoxy groups -OCH3 is 1. The summed E-state index contributed by atoms with van der Waals surface area (Å²) < 4.78 is 5.23. The molecule has 6 heteroatoms. The molecule has 5 nitrogen and oxygen atoms in total. The van der Waals surface area contributed by atoms with E-state index in [9.17, 15) is 9.59 Å². The van der Waals surface area contributed by atoms with Gasteiger partial charge < -0.3 is 14.5 Å². The Bertz CT molecular complexity index is 562. The summed E-state index contributed by atoms with van der Waals surface area (Å²) in [6.45, 7) is 2.96. The molecule has 0 radical (unpaired) electrons. The monoisotopic (exact) mass is 310 g/mol. The number of rotatable bonds is 3. The largest absolute Gasteiger partial charge is 0.496 e. The van der Waals surface area contributed by atoms with Crippen molar-refractivity contribution in [3.05, 3.63) is 28.8 Å². The molecule has 1 aromatic rings. The van der Waals surface area contributed by atoms with E-state index in [1.807, 2.05) is 6.92 Å². The molecular formula is C15H19ClN2O3. The predicted molar refractivity (Wildman–Crippen MR) is 80.8 cm³/mol. The Kier molecular flexibility index (Phi) is 4.73. The van der Waals surface area contributed by atoms with Gasteiger partial charge in [-0.25, -0.2) is 0 Å². The van der Waals surface area contributed by atoms with E-state index in [0.29, 0.717) is 35.8 Å². The molecule has 1 aromatic carbocycles. The standard InChI is InChI=1S/C15H19ClN2O3/c1-4-12-15(20)17(2)7-8-18(12)14(19)11-6-5-10(16)9-13(11)21-3/h5-6,9,12H,4,7-8H2,1-3H3. The average molecular weight is 311 g/mol. The lowest BCUT2D eigenvalue weighted by Gasteiger charge is -2.38. The number of piperazine rings is 1. The van der Waals surface area contributed by atoms with Gasteiger partial charge in [0.15, 0.2) is 0 Å². The van der Waals surface area contributed by atoms with Crippen LogP contribution >= 0.6 is 11.6 Å². The summed E-state index contributed by atoms with van der Waals surface area (Å²) in [5, 5.41) is 0.505. The Morgan fingerprint density at radius 1 is 1.43 bits per heavy atom. The summed E-state index contributed by atoms with van der Waals surface area (Å²) >= 11 is 5.92. The smallest absolute Gasteiger partial charge is 0.258 e. The molecule has 0 saturated carbocycles. The molecule has 0 aliphatic carbocycles. The molecule has 0 N–H and O–H groups in total. The topological polar surface area (TPSA) is 49.9 Å². The maximum atomic E-state index is 12.7. The lowest BCUT2D eigenvalue weighted by molar-refractivity contribution is -0.138. The van der Waals surface area contributed by atoms with Gasteiger partial charge in [-0.2, -0.15) is 0 Å². The molecule has 114 valence electrons. The number of halogens is 1. The van der Waals surface area contributed by atoms with Crippen molar-refractivity contribution in [2.24, 2.45) is 0 Å². The second-order valence-corrected chi connectivity index (χ2v) is 5.46. The molecule has 1 heterocycles. The van der Waals surface area contributed by atoms with Crippen LogP contribution in [0.5, 0.6) is 5.75 Å². The van der Waals surface area contributed by atoms with Crippen molar-refractivity contribution in [3.63, 3.8) is 0 Å². The first-order valence-corrected chi connectivity index (χ1v) is 7.26. The number of carbonyl (C=O) groups excluding carboxylic acids is 2. The Balaban J connectivity index is 2.33. The highest BCUT2D eigenvalue weighted by molar-refractivity contribution is 6.30. The average Bonchev–Trinajstić information content (AvgIpc) is 2.49. The fourth-order valence-corrected chi connectivity index (χ4v) is 2.71. The van der Waals surface area contributed by atoms with Crippen LogP contribution < -0.4 is 4.74 Å². The van der Waals surface area contributed by atoms with Gasteiger partial charge in [-0.15, -0.1) is 0 Å². The molecule has 1 saturated heterocycles. The van der Waals surface area contributed by atoms with E-state index in [-0.39, 0.29) is 11.8 Å². The van der Waals surface area contributed by atoms with Gasteiger partial charge in [-0.1, -0.05) is 18.5 Å². The quantitative estimate of drug-likeness (QED) is 0.858. The molecule has 2 rings (SSSR count). The summed E-state index contributed by atoms with van der Waals surface area (Å²) in [5.74, 6) is 0.204. The SMILES string of the molecule is CCC1C(=O)N(C)CCN1C(=O)c1ccc(Cl)cc1OC. The predicted octanol–water partition coefficient (Wildman–Crippen LogP) is 2.04. The molecule has 0 aromatic heterocycles. The molecule has 0 bridgehead atoms. The molecule has 1 atom stereocenters. The number of ether oxygens (including phenoxy) is 1. The van der Waals surface area contributed by atoms with Crippen molar-refractivity contribution in [2.45, 2.75) is 19.4 Å². The van der Waals surface area contributed by atoms with Crippen LogP contribution in [0.15, 0.2) is 18.2 Å². The molecular weight excluding hydrogens is 292 g/mol. The summed E-state index contributed by atoms with van der Waals surface area (Å²) in [4.78, 5) is 28.2. The number of benzene rings is 1. The highest BCUT2D eigenvalue weighted by Gasteiger charge is 2.35. The van der Waals surface area contributed by atoms with E-state index in [0.717, 1.165) is 0 Å². The van der Waals surface area contributed by atoms with E-state index in [4.69, 9.17) is 16.3 Å². The minimum atomic E-state index is -0.420. The minimum Gasteiger partial charge on any atom is -0.496 e. The van der Waals surface area contributed by atoms with E-state index >= 15 is 0 Å². The first-order chi connectivity index (χ1) is 9.99. The van der Waals surface area contributed by atoms with Crippen molar-refractivity contribution in [1.82, 2.24) is 9.80 Å². The third-order valence-electron chi connectivity index (χ3n) is 3.76. The summed E-state index contributed by atoms with van der Waals surface area (Å²) in [7, 11) is 3.25. The van der Waals surface area contributed by atoms with Crippen LogP contribution in [-0.4, -0.2) is 54.9 Å². The third-order valence-corrected chi connectivity index (χ3v) is 3.99. The number of hydrogen-bond acceptors (Lipinski definition) is 3. The number of likely N-dealkylation sites (N-methyl/N-ethyl adjacent to an activating group) is 1. The van der Waals surface area contributed by atoms with Gasteiger partial charge in [0, 0.05) is 25.2 Å². The van der Waals surface area contributed by atoms with Crippen molar-refractivity contribution >= 4 is 23.4 Å². The van der Waals surface area contributed by atoms with E-state index in [1.54, 1.807) is 35.0 Å². The van der Waals surface area contributed by atoms with Crippen LogP contribution in [0.2, 0.25) is 5.02 Å².